The molecule has 5 heteroatoms. The molecular weight excluding hydrogens is 188 g/mol. The molecule has 14 heavy (non-hydrogen) atoms. The SMILES string of the molecule is Cc1c(O)c(O)c(C)c(C(=O)O)c1O. The molecule has 0 heterocycles. The summed E-state index contributed by atoms with van der Waals surface area (Å²) in [6.07, 6.45) is 0. The number of aromatic carboxylic acids is 1. The summed E-state index contributed by atoms with van der Waals surface area (Å²) in [7, 11) is 0. The Morgan fingerprint density at radius 1 is 0.929 bits per heavy atom. The standard InChI is InChI=1S/C9H10O5/c1-3-5(9(13)14)6(10)4(2)8(12)7(3)11/h10-12H,1-2H3,(H,13,14). The van der Waals surface area contributed by atoms with Crippen LogP contribution in [0.4, 0.5) is 0 Å². The zero-order chi connectivity index (χ0) is 11.0. The minimum absolute atomic E-state index is 0.0505. The van der Waals surface area contributed by atoms with Crippen molar-refractivity contribution in [1.29, 1.82) is 0 Å². The van der Waals surface area contributed by atoms with Gasteiger partial charge in [-0.3, -0.25) is 0 Å². The third kappa shape index (κ3) is 1.22. The molecule has 0 fully saturated rings. The Hall–Kier alpha value is -1.91. The van der Waals surface area contributed by atoms with E-state index in [1.165, 1.54) is 13.8 Å². The number of carboxylic acid groups (broad SMARTS) is 1. The van der Waals surface area contributed by atoms with Crippen LogP contribution in [-0.4, -0.2) is 26.4 Å². The minimum Gasteiger partial charge on any atom is -0.507 e. The lowest BCUT2D eigenvalue weighted by molar-refractivity contribution is 0.0692. The molecule has 4 N–H and O–H groups in total. The second-order valence-corrected chi connectivity index (χ2v) is 2.98. The van der Waals surface area contributed by atoms with E-state index in [2.05, 4.69) is 0 Å². The largest absolute Gasteiger partial charge is 0.507 e. The molecule has 5 nitrogen and oxygen atoms in total. The molecule has 0 amide bonds. The third-order valence-corrected chi connectivity index (χ3v) is 2.12. The lowest BCUT2D eigenvalue weighted by Crippen LogP contribution is -2.02. The van der Waals surface area contributed by atoms with Gasteiger partial charge in [0.1, 0.15) is 11.3 Å². The van der Waals surface area contributed by atoms with Crippen LogP contribution in [0.3, 0.4) is 0 Å². The van der Waals surface area contributed by atoms with Gasteiger partial charge in [-0.15, -0.1) is 0 Å². The summed E-state index contributed by atoms with van der Waals surface area (Å²) in [4.78, 5) is 10.7. The molecule has 1 aromatic carbocycles. The first-order valence-electron chi connectivity index (χ1n) is 3.85. The van der Waals surface area contributed by atoms with Crippen molar-refractivity contribution in [3.8, 4) is 17.2 Å². The molecule has 0 aliphatic rings. The first-order valence-corrected chi connectivity index (χ1v) is 3.85. The van der Waals surface area contributed by atoms with Crippen molar-refractivity contribution >= 4 is 5.97 Å². The van der Waals surface area contributed by atoms with Gasteiger partial charge in [-0.25, -0.2) is 4.79 Å². The second-order valence-electron chi connectivity index (χ2n) is 2.98. The quantitative estimate of drug-likeness (QED) is 0.400. The van der Waals surface area contributed by atoms with Gasteiger partial charge in [-0.1, -0.05) is 0 Å². The molecule has 0 radical (unpaired) electrons. The zero-order valence-corrected chi connectivity index (χ0v) is 7.70. The highest BCUT2D eigenvalue weighted by molar-refractivity contribution is 5.94. The fraction of sp³-hybridized carbons (Fsp3) is 0.222. The number of carboxylic acids is 1. The van der Waals surface area contributed by atoms with Crippen LogP contribution in [0.1, 0.15) is 21.5 Å². The molecule has 0 aliphatic heterocycles. The molecule has 1 rings (SSSR count). The van der Waals surface area contributed by atoms with Gasteiger partial charge in [-0.2, -0.15) is 0 Å². The highest BCUT2D eigenvalue weighted by Gasteiger charge is 2.22. The third-order valence-electron chi connectivity index (χ3n) is 2.12. The summed E-state index contributed by atoms with van der Waals surface area (Å²) in [6, 6.07) is 0. The maximum atomic E-state index is 10.7. The number of hydrogen-bond acceptors (Lipinski definition) is 4. The number of hydrogen-bond donors (Lipinski definition) is 4. The molecule has 0 atom stereocenters. The van der Waals surface area contributed by atoms with E-state index in [4.69, 9.17) is 5.11 Å². The number of aromatic hydroxyl groups is 3. The van der Waals surface area contributed by atoms with Crippen LogP contribution in [-0.2, 0) is 0 Å². The summed E-state index contributed by atoms with van der Waals surface area (Å²) >= 11 is 0. The number of benzene rings is 1. The van der Waals surface area contributed by atoms with Crippen LogP contribution in [0.25, 0.3) is 0 Å². The second kappa shape index (κ2) is 3.10. The predicted octanol–water partition coefficient (Wildman–Crippen LogP) is 1.12. The van der Waals surface area contributed by atoms with Crippen LogP contribution in [0, 0.1) is 13.8 Å². The molecule has 0 aliphatic carbocycles. The van der Waals surface area contributed by atoms with Crippen molar-refractivity contribution in [3.63, 3.8) is 0 Å². The van der Waals surface area contributed by atoms with E-state index in [0.717, 1.165) is 0 Å². The van der Waals surface area contributed by atoms with E-state index in [9.17, 15) is 20.1 Å². The Balaban J connectivity index is 3.68. The summed E-state index contributed by atoms with van der Waals surface area (Å²) in [5.41, 5.74) is -0.499. The Bertz CT molecular complexity index is 379. The van der Waals surface area contributed by atoms with Gasteiger partial charge in [0, 0.05) is 11.1 Å². The molecule has 1 aromatic rings. The lowest BCUT2D eigenvalue weighted by atomic mass is 10.0. The average molecular weight is 198 g/mol. The molecule has 0 aromatic heterocycles. The lowest BCUT2D eigenvalue weighted by Gasteiger charge is -2.11. The van der Waals surface area contributed by atoms with Crippen molar-refractivity contribution in [2.45, 2.75) is 13.8 Å². The first-order chi connectivity index (χ1) is 6.37. The van der Waals surface area contributed by atoms with Gasteiger partial charge in [0.05, 0.1) is 0 Å². The molecular formula is C9H10O5. The van der Waals surface area contributed by atoms with Gasteiger partial charge in [0.15, 0.2) is 11.5 Å². The molecule has 76 valence electrons. The molecule has 0 saturated carbocycles. The van der Waals surface area contributed by atoms with Gasteiger partial charge >= 0.3 is 5.97 Å². The van der Waals surface area contributed by atoms with Crippen molar-refractivity contribution in [2.24, 2.45) is 0 Å². The van der Waals surface area contributed by atoms with E-state index in [1.54, 1.807) is 0 Å². The number of phenolic OH excluding ortho intramolecular Hbond substituents is 2. The van der Waals surface area contributed by atoms with Crippen LogP contribution in [0.2, 0.25) is 0 Å². The number of phenols is 3. The fourth-order valence-corrected chi connectivity index (χ4v) is 1.21. The van der Waals surface area contributed by atoms with E-state index >= 15 is 0 Å². The maximum Gasteiger partial charge on any atom is 0.339 e. The highest BCUT2D eigenvalue weighted by atomic mass is 16.4. The minimum atomic E-state index is -1.35. The smallest absolute Gasteiger partial charge is 0.339 e. The van der Waals surface area contributed by atoms with Crippen LogP contribution in [0.5, 0.6) is 17.2 Å². The van der Waals surface area contributed by atoms with Crippen LogP contribution >= 0.6 is 0 Å². The Kier molecular flexibility index (Phi) is 2.25. The Morgan fingerprint density at radius 3 is 1.79 bits per heavy atom. The van der Waals surface area contributed by atoms with Crippen molar-refractivity contribution in [2.75, 3.05) is 0 Å². The van der Waals surface area contributed by atoms with E-state index in [0.29, 0.717) is 0 Å². The molecule has 0 bridgehead atoms. The monoisotopic (exact) mass is 198 g/mol. The van der Waals surface area contributed by atoms with Crippen LogP contribution < -0.4 is 0 Å². The number of rotatable bonds is 1. The van der Waals surface area contributed by atoms with Gasteiger partial charge in [-0.05, 0) is 13.8 Å². The summed E-state index contributed by atoms with van der Waals surface area (Å²) in [5.74, 6) is -2.88. The van der Waals surface area contributed by atoms with Crippen molar-refractivity contribution < 1.29 is 25.2 Å². The number of carbonyl (C=O) groups is 1. The van der Waals surface area contributed by atoms with Crippen molar-refractivity contribution in [3.05, 3.63) is 16.7 Å². The summed E-state index contributed by atoms with van der Waals surface area (Å²) < 4.78 is 0. The average Bonchev–Trinajstić information content (AvgIpc) is 2.11. The molecule has 0 unspecified atom stereocenters. The van der Waals surface area contributed by atoms with Gasteiger partial charge < -0.3 is 20.4 Å². The zero-order valence-electron chi connectivity index (χ0n) is 7.70. The molecule has 0 saturated heterocycles. The highest BCUT2D eigenvalue weighted by Crippen LogP contribution is 2.41. The van der Waals surface area contributed by atoms with Crippen molar-refractivity contribution in [1.82, 2.24) is 0 Å². The predicted molar refractivity (Wildman–Crippen MR) is 47.9 cm³/mol. The molecule has 0 spiro atoms. The Labute approximate surface area is 79.9 Å². The maximum absolute atomic E-state index is 10.7. The normalized spacial score (nSPS) is 10.1. The Morgan fingerprint density at radius 2 is 1.36 bits per heavy atom. The van der Waals surface area contributed by atoms with E-state index in [-0.39, 0.29) is 11.1 Å². The van der Waals surface area contributed by atoms with Crippen LogP contribution in [0.15, 0.2) is 0 Å². The topological polar surface area (TPSA) is 98.0 Å². The summed E-state index contributed by atoms with van der Waals surface area (Å²) in [6.45, 7) is 2.62. The van der Waals surface area contributed by atoms with Gasteiger partial charge in [0.25, 0.3) is 0 Å². The van der Waals surface area contributed by atoms with Gasteiger partial charge in [0.2, 0.25) is 0 Å². The van der Waals surface area contributed by atoms with E-state index in [1.807, 2.05) is 0 Å². The first kappa shape index (κ1) is 10.2. The summed E-state index contributed by atoms with van der Waals surface area (Å²) in [5, 5.41) is 36.7. The fourth-order valence-electron chi connectivity index (χ4n) is 1.21. The van der Waals surface area contributed by atoms with E-state index < -0.39 is 28.8 Å².